The topological polar surface area (TPSA) is 57.7 Å². The Morgan fingerprint density at radius 3 is 2.57 bits per heavy atom. The summed E-state index contributed by atoms with van der Waals surface area (Å²) in [6.45, 7) is 9.25. The molecular formula is C28H31NO4S2. The van der Waals surface area contributed by atoms with Gasteiger partial charge >= 0.3 is 5.97 Å². The number of benzene rings is 2. The minimum atomic E-state index is -0.604. The predicted octanol–water partition coefficient (Wildman–Crippen LogP) is 6.77. The van der Waals surface area contributed by atoms with Crippen molar-refractivity contribution >= 4 is 38.7 Å². The highest BCUT2D eigenvalue weighted by atomic mass is 32.1. The summed E-state index contributed by atoms with van der Waals surface area (Å²) in [5.74, 6) is 0.531. The smallest absolute Gasteiger partial charge is 0.335 e. The summed E-state index contributed by atoms with van der Waals surface area (Å²) in [5, 5.41) is 4.16. The zero-order valence-electron chi connectivity index (χ0n) is 20.6. The van der Waals surface area contributed by atoms with Crippen LogP contribution in [0.15, 0.2) is 47.8 Å². The van der Waals surface area contributed by atoms with Crippen molar-refractivity contribution in [3.05, 3.63) is 69.5 Å². The maximum absolute atomic E-state index is 12.3. The highest BCUT2D eigenvalue weighted by Gasteiger charge is 2.22. The first-order chi connectivity index (χ1) is 17.0. The minimum Gasteiger partial charge on any atom is -0.493 e. The summed E-state index contributed by atoms with van der Waals surface area (Å²) in [7, 11) is 0. The summed E-state index contributed by atoms with van der Waals surface area (Å²) < 4.78 is 18.2. The monoisotopic (exact) mass is 509 g/mol. The first kappa shape index (κ1) is 25.4. The van der Waals surface area contributed by atoms with Gasteiger partial charge in [-0.1, -0.05) is 35.9 Å². The second-order valence-electron chi connectivity index (χ2n) is 8.27. The van der Waals surface area contributed by atoms with E-state index in [0.717, 1.165) is 44.1 Å². The van der Waals surface area contributed by atoms with Gasteiger partial charge in [-0.2, -0.15) is 0 Å². The maximum atomic E-state index is 12.3. The van der Waals surface area contributed by atoms with E-state index in [0.29, 0.717) is 26.2 Å². The van der Waals surface area contributed by atoms with Gasteiger partial charge in [0.15, 0.2) is 6.10 Å². The second kappa shape index (κ2) is 11.8. The number of aryl methyl sites for hydroxylation is 2. The van der Waals surface area contributed by atoms with E-state index >= 15 is 0 Å². The van der Waals surface area contributed by atoms with Gasteiger partial charge in [0.2, 0.25) is 0 Å². The number of carbonyl (C=O) groups excluding carboxylic acids is 1. The summed E-state index contributed by atoms with van der Waals surface area (Å²) in [6.07, 6.45) is 0.619. The second-order valence-corrected chi connectivity index (χ2v) is 10.4. The van der Waals surface area contributed by atoms with Crippen LogP contribution >= 0.6 is 22.7 Å². The van der Waals surface area contributed by atoms with Crippen LogP contribution in [0.5, 0.6) is 5.75 Å². The molecule has 4 aromatic rings. The Kier molecular flexibility index (Phi) is 8.55. The van der Waals surface area contributed by atoms with E-state index in [2.05, 4.69) is 49.6 Å². The van der Waals surface area contributed by atoms with Gasteiger partial charge in [0.25, 0.3) is 0 Å². The summed E-state index contributed by atoms with van der Waals surface area (Å²) in [6, 6.07) is 14.6. The van der Waals surface area contributed by atoms with Crippen molar-refractivity contribution in [1.82, 2.24) is 4.98 Å². The number of esters is 1. The van der Waals surface area contributed by atoms with E-state index in [1.165, 1.54) is 10.4 Å². The van der Waals surface area contributed by atoms with Gasteiger partial charge < -0.3 is 14.2 Å². The number of rotatable bonds is 11. The molecule has 5 nitrogen and oxygen atoms in total. The Morgan fingerprint density at radius 1 is 1.03 bits per heavy atom. The number of thiophene rings is 1. The van der Waals surface area contributed by atoms with E-state index in [9.17, 15) is 4.79 Å². The van der Waals surface area contributed by atoms with Crippen molar-refractivity contribution in [3.8, 4) is 16.3 Å². The molecule has 0 aliphatic carbocycles. The van der Waals surface area contributed by atoms with Crippen molar-refractivity contribution in [1.29, 1.82) is 0 Å². The molecular weight excluding hydrogens is 478 g/mol. The third kappa shape index (κ3) is 6.10. The lowest BCUT2D eigenvalue weighted by atomic mass is 10.1. The molecule has 35 heavy (non-hydrogen) atoms. The molecule has 0 amide bonds. The molecule has 4 rings (SSSR count). The Balaban J connectivity index is 1.44. The van der Waals surface area contributed by atoms with Gasteiger partial charge in [0.1, 0.15) is 10.8 Å². The van der Waals surface area contributed by atoms with Gasteiger partial charge in [-0.15, -0.1) is 22.7 Å². The lowest BCUT2D eigenvalue weighted by molar-refractivity contribution is -0.156. The molecule has 2 heterocycles. The molecule has 1 atom stereocenters. The zero-order chi connectivity index (χ0) is 24.8. The van der Waals surface area contributed by atoms with Crippen LogP contribution in [0.1, 0.15) is 35.5 Å². The predicted molar refractivity (Wildman–Crippen MR) is 144 cm³/mol. The number of aromatic nitrogens is 1. The Hall–Kier alpha value is -2.74. The average molecular weight is 510 g/mol. The molecule has 0 spiro atoms. The molecule has 0 saturated carbocycles. The van der Waals surface area contributed by atoms with E-state index in [4.69, 9.17) is 19.2 Å². The van der Waals surface area contributed by atoms with Crippen LogP contribution in [0.3, 0.4) is 0 Å². The van der Waals surface area contributed by atoms with E-state index in [-0.39, 0.29) is 5.97 Å². The summed E-state index contributed by atoms with van der Waals surface area (Å²) in [5.41, 5.74) is 4.54. The normalized spacial score (nSPS) is 12.1. The molecule has 0 aliphatic rings. The van der Waals surface area contributed by atoms with Crippen molar-refractivity contribution < 1.29 is 19.0 Å². The molecule has 184 valence electrons. The zero-order valence-corrected chi connectivity index (χ0v) is 22.3. The van der Waals surface area contributed by atoms with Crippen molar-refractivity contribution in [2.45, 2.75) is 46.6 Å². The number of hydrogen-bond acceptors (Lipinski definition) is 7. The lowest BCUT2D eigenvalue weighted by Crippen LogP contribution is -2.29. The average Bonchev–Trinajstić information content (AvgIpc) is 3.48. The van der Waals surface area contributed by atoms with Crippen molar-refractivity contribution in [2.75, 3.05) is 19.8 Å². The molecule has 0 N–H and O–H groups in total. The standard InChI is InChI=1S/C28H31NO4S2/c1-5-31-25(28(30)32-6-2)17-21-11-12-24(22-14-16-34-26(21)22)33-15-13-23-19(4)35-27(29-23)20-9-7-18(3)8-10-20/h7-12,14,16,25H,5-6,13,15,17H2,1-4H3. The van der Waals surface area contributed by atoms with Gasteiger partial charge in [0, 0.05) is 40.0 Å². The fourth-order valence-electron chi connectivity index (χ4n) is 3.96. The third-order valence-electron chi connectivity index (χ3n) is 5.77. The van der Waals surface area contributed by atoms with Crippen molar-refractivity contribution in [2.24, 2.45) is 0 Å². The van der Waals surface area contributed by atoms with E-state index < -0.39 is 6.10 Å². The molecule has 2 aromatic heterocycles. The Bertz CT molecular complexity index is 1280. The number of thiazole rings is 1. The van der Waals surface area contributed by atoms with Gasteiger partial charge in [0.05, 0.1) is 18.9 Å². The van der Waals surface area contributed by atoms with Crippen molar-refractivity contribution in [3.63, 3.8) is 0 Å². The van der Waals surface area contributed by atoms with Gasteiger partial charge in [-0.05, 0) is 50.8 Å². The highest BCUT2D eigenvalue weighted by molar-refractivity contribution is 7.17. The first-order valence-electron chi connectivity index (χ1n) is 11.9. The Morgan fingerprint density at radius 2 is 1.83 bits per heavy atom. The molecule has 0 bridgehead atoms. The van der Waals surface area contributed by atoms with Crippen LogP contribution in [0.4, 0.5) is 0 Å². The maximum Gasteiger partial charge on any atom is 0.335 e. The van der Waals surface area contributed by atoms with Gasteiger partial charge in [-0.25, -0.2) is 9.78 Å². The summed E-state index contributed by atoms with van der Waals surface area (Å²) in [4.78, 5) is 18.4. The fourth-order valence-corrected chi connectivity index (χ4v) is 5.87. The first-order valence-corrected chi connectivity index (χ1v) is 13.6. The largest absolute Gasteiger partial charge is 0.493 e. The number of carbonyl (C=O) groups is 1. The quantitative estimate of drug-likeness (QED) is 0.209. The van der Waals surface area contributed by atoms with E-state index in [1.54, 1.807) is 29.6 Å². The third-order valence-corrected chi connectivity index (χ3v) is 7.82. The molecule has 0 aliphatic heterocycles. The molecule has 0 fully saturated rings. The van der Waals surface area contributed by atoms with Crippen LogP contribution in [0.25, 0.3) is 20.7 Å². The van der Waals surface area contributed by atoms with Crippen LogP contribution in [0.2, 0.25) is 0 Å². The molecule has 0 radical (unpaired) electrons. The van der Waals surface area contributed by atoms with E-state index in [1.807, 2.05) is 19.1 Å². The lowest BCUT2D eigenvalue weighted by Gasteiger charge is -2.16. The molecule has 0 saturated heterocycles. The SMILES string of the molecule is CCOC(=O)C(Cc1ccc(OCCc2nc(-c3ccc(C)cc3)sc2C)c2ccsc12)OCC. The number of hydrogen-bond donors (Lipinski definition) is 0. The Labute approximate surface area is 214 Å². The van der Waals surface area contributed by atoms with Crippen LogP contribution in [0, 0.1) is 13.8 Å². The molecule has 1 unspecified atom stereocenters. The number of nitrogens with zero attached hydrogens (tertiary/aromatic N) is 1. The van der Waals surface area contributed by atoms with Crippen LogP contribution in [-0.4, -0.2) is 36.9 Å². The minimum absolute atomic E-state index is 0.317. The number of fused-ring (bicyclic) bond motifs is 1. The molecule has 2 aromatic carbocycles. The van der Waals surface area contributed by atoms with Gasteiger partial charge in [-0.3, -0.25) is 0 Å². The van der Waals surface area contributed by atoms with Crippen LogP contribution < -0.4 is 4.74 Å². The fraction of sp³-hybridized carbons (Fsp3) is 0.357. The summed E-state index contributed by atoms with van der Waals surface area (Å²) >= 11 is 3.38. The molecule has 7 heteroatoms. The number of ether oxygens (including phenoxy) is 3. The van der Waals surface area contributed by atoms with Crippen LogP contribution in [-0.2, 0) is 27.1 Å². The highest BCUT2D eigenvalue weighted by Crippen LogP contribution is 2.34.